The summed E-state index contributed by atoms with van der Waals surface area (Å²) in [5, 5.41) is 120. The van der Waals surface area contributed by atoms with Crippen molar-refractivity contribution in [3.63, 3.8) is 0 Å². The zero-order valence-corrected chi connectivity index (χ0v) is 34.5. The highest BCUT2D eigenvalue weighted by atomic mass is 16.9. The monoisotopic (exact) mass is 961 g/mol. The summed E-state index contributed by atoms with van der Waals surface area (Å²) < 4.78 is 92.0. The molecule has 17 unspecified atom stereocenters. The van der Waals surface area contributed by atoms with Gasteiger partial charge in [0.25, 0.3) is 0 Å². The summed E-state index contributed by atoms with van der Waals surface area (Å²) in [5.41, 5.74) is 5.60. The van der Waals surface area contributed by atoms with Gasteiger partial charge in [0.2, 0.25) is 0 Å². The van der Waals surface area contributed by atoms with Crippen LogP contribution in [-0.4, -0.2) is 267 Å². The largest absolute Gasteiger partial charge is 0.479 e. The Morgan fingerprint density at radius 1 is 0.424 bits per heavy atom. The molecule has 0 radical (unpaired) electrons. The Labute approximate surface area is 372 Å². The quantitative estimate of drug-likeness (QED) is 0.0448. The van der Waals surface area contributed by atoms with Crippen LogP contribution in [0.15, 0.2) is 0 Å². The molecule has 10 heterocycles. The van der Waals surface area contributed by atoms with Gasteiger partial charge in [-0.1, -0.05) is 0 Å². The normalized spacial score (nSPS) is 55.7. The van der Waals surface area contributed by atoms with E-state index in [0.29, 0.717) is 13.0 Å². The molecule has 13 N–H and O–H groups in total. The van der Waals surface area contributed by atoms with Crippen LogP contribution in [0.4, 0.5) is 0 Å². The molecule has 10 aliphatic rings. The Kier molecular flexibility index (Phi) is 14.0. The van der Waals surface area contributed by atoms with Crippen molar-refractivity contribution in [2.75, 3.05) is 19.8 Å². The maximum absolute atomic E-state index is 13.0. The average molecular weight is 962 g/mol. The number of aliphatic hydroxyl groups excluding tert-OH is 10. The number of fused-ring (bicyclic) bond motifs is 4. The van der Waals surface area contributed by atoms with Gasteiger partial charge in [0.1, 0.15) is 116 Å². The summed E-state index contributed by atoms with van der Waals surface area (Å²) in [7, 11) is 0. The van der Waals surface area contributed by atoms with E-state index in [-0.39, 0.29) is 6.61 Å². The third-order valence-corrected chi connectivity index (χ3v) is 13.0. The molecule has 0 aromatic carbocycles. The third kappa shape index (κ3) is 9.26. The van der Waals surface area contributed by atoms with Gasteiger partial charge in [-0.25, -0.2) is 4.79 Å². The van der Waals surface area contributed by atoms with Crippen LogP contribution in [-0.2, 0) is 80.6 Å². The first-order valence-electron chi connectivity index (χ1n) is 21.8. The molecule has 10 fully saturated rings. The van der Waals surface area contributed by atoms with Crippen LogP contribution in [0.3, 0.4) is 0 Å². The lowest BCUT2D eigenvalue weighted by Crippen LogP contribution is -2.68. The van der Waals surface area contributed by atoms with Gasteiger partial charge in [-0.3, -0.25) is 0 Å². The van der Waals surface area contributed by atoms with Crippen molar-refractivity contribution in [2.24, 2.45) is 5.73 Å². The van der Waals surface area contributed by atoms with Crippen molar-refractivity contribution in [1.82, 2.24) is 0 Å². The predicted molar refractivity (Wildman–Crippen MR) is 193 cm³/mol. The van der Waals surface area contributed by atoms with Crippen LogP contribution in [0, 0.1) is 0 Å². The topological polar surface area (TPSA) is 427 Å². The highest BCUT2D eigenvalue weighted by Gasteiger charge is 2.66. The molecule has 0 saturated carbocycles. The second-order valence-electron chi connectivity index (χ2n) is 17.5. The van der Waals surface area contributed by atoms with E-state index in [1.165, 1.54) is 0 Å². The van der Waals surface area contributed by atoms with Gasteiger partial charge in [0, 0.05) is 6.61 Å². The summed E-state index contributed by atoms with van der Waals surface area (Å²) in [6.07, 6.45) is -44.4. The fourth-order valence-corrected chi connectivity index (χ4v) is 9.00. The number of hydrogen-bond donors (Lipinski definition) is 12. The van der Waals surface area contributed by atoms with Gasteiger partial charge in [-0.2, -0.15) is 0 Å². The molecule has 0 amide bonds. The van der Waals surface area contributed by atoms with Crippen molar-refractivity contribution >= 4 is 5.97 Å². The number of ether oxygens (including phenoxy) is 16. The number of carbonyl (C=O) groups is 1. The number of carboxylic acid groups (broad SMARTS) is 1. The predicted octanol–water partition coefficient (Wildman–Crippen LogP) is -8.84. The number of nitrogens with two attached hydrogens (primary N) is 1. The number of carboxylic acids is 1. The summed E-state index contributed by atoms with van der Waals surface area (Å²) in [6, 6.07) is 0. The molecule has 29 nitrogen and oxygen atoms in total. The van der Waals surface area contributed by atoms with Gasteiger partial charge in [-0.05, 0) is 25.8 Å². The summed E-state index contributed by atoms with van der Waals surface area (Å²) >= 11 is 0. The number of aliphatic carboxylic acids is 1. The first kappa shape index (κ1) is 48.0. The summed E-state index contributed by atoms with van der Waals surface area (Å²) in [6.45, 7) is -0.193. The maximum Gasteiger partial charge on any atom is 0.335 e. The third-order valence-electron chi connectivity index (χ3n) is 13.0. The molecule has 0 aromatic rings. The second-order valence-corrected chi connectivity index (χ2v) is 17.5. The van der Waals surface area contributed by atoms with E-state index in [9.17, 15) is 61.0 Å². The Morgan fingerprint density at radius 3 is 1.41 bits per heavy atom. The van der Waals surface area contributed by atoms with E-state index >= 15 is 0 Å². The molecule has 29 heteroatoms. The molecule has 30 atom stereocenters. The SMILES string of the molecule is NCCCCCO[C@@H]1OC2O[C@@H]2C(O)C1O[C@@H]1OC2O[C@@H]2C(O)C1O[C@@H]1O[C@H]2O[C@@H]2C(O)C1O[C@H]1OC(C(=O)O)[C@H](O[C@@H]2OC3O[C@@H]3C(O)C2O)C(O[C@@H]2OC(CO)[C@H](O)C(O)C2O)C1O. The van der Waals surface area contributed by atoms with Crippen molar-refractivity contribution in [3.05, 3.63) is 0 Å². The van der Waals surface area contributed by atoms with E-state index in [0.717, 1.165) is 12.8 Å². The van der Waals surface area contributed by atoms with Crippen LogP contribution in [0.25, 0.3) is 0 Å². The fraction of sp³-hybridized carbons (Fsp3) is 0.973. The second kappa shape index (κ2) is 19.2. The van der Waals surface area contributed by atoms with E-state index in [2.05, 4.69) is 0 Å². The van der Waals surface area contributed by atoms with E-state index in [1.54, 1.807) is 0 Å². The highest BCUT2D eigenvalue weighted by Crippen LogP contribution is 2.45. The number of aliphatic hydroxyl groups is 10. The van der Waals surface area contributed by atoms with Crippen molar-refractivity contribution < 1.29 is 137 Å². The lowest BCUT2D eigenvalue weighted by molar-refractivity contribution is -0.394. The molecular formula is C37H55NO28. The molecule has 0 bridgehead atoms. The van der Waals surface area contributed by atoms with Crippen molar-refractivity contribution in [2.45, 2.75) is 204 Å². The first-order chi connectivity index (χ1) is 31.7. The van der Waals surface area contributed by atoms with Crippen LogP contribution in [0.5, 0.6) is 0 Å². The zero-order valence-electron chi connectivity index (χ0n) is 34.5. The number of epoxide rings is 4. The van der Waals surface area contributed by atoms with E-state index < -0.39 is 198 Å². The number of unbranched alkanes of at least 4 members (excludes halogenated alkanes) is 2. The molecule has 10 rings (SSSR count). The summed E-state index contributed by atoms with van der Waals surface area (Å²) in [4.78, 5) is 13.0. The van der Waals surface area contributed by atoms with Crippen LogP contribution >= 0.6 is 0 Å². The Morgan fingerprint density at radius 2 is 0.864 bits per heavy atom. The van der Waals surface area contributed by atoms with Gasteiger partial charge in [0.15, 0.2) is 69.0 Å². The summed E-state index contributed by atoms with van der Waals surface area (Å²) in [5.74, 6) is -1.79. The van der Waals surface area contributed by atoms with Gasteiger partial charge >= 0.3 is 5.97 Å². The Balaban J connectivity index is 0.892. The van der Waals surface area contributed by atoms with Crippen molar-refractivity contribution in [1.29, 1.82) is 0 Å². The zero-order chi connectivity index (χ0) is 46.5. The van der Waals surface area contributed by atoms with Gasteiger partial charge in [0.05, 0.1) is 6.61 Å². The molecule has 0 aromatic heterocycles. The Bertz CT molecular complexity index is 1690. The van der Waals surface area contributed by atoms with E-state index in [1.807, 2.05) is 0 Å². The van der Waals surface area contributed by atoms with Gasteiger partial charge < -0.3 is 138 Å². The maximum atomic E-state index is 13.0. The van der Waals surface area contributed by atoms with Crippen LogP contribution in [0.1, 0.15) is 19.3 Å². The lowest BCUT2D eigenvalue weighted by atomic mass is 9.96. The molecule has 66 heavy (non-hydrogen) atoms. The number of hydrogen-bond acceptors (Lipinski definition) is 28. The molecule has 0 spiro atoms. The van der Waals surface area contributed by atoms with E-state index in [4.69, 9.17) is 81.5 Å². The molecule has 0 aliphatic carbocycles. The molecule has 10 aliphatic heterocycles. The lowest BCUT2D eigenvalue weighted by Gasteiger charge is -2.48. The van der Waals surface area contributed by atoms with Crippen molar-refractivity contribution in [3.8, 4) is 0 Å². The average Bonchev–Trinajstić information content (AvgIpc) is 4.08. The Hall–Kier alpha value is -1.61. The minimum Gasteiger partial charge on any atom is -0.479 e. The standard InChI is InChI=1S/C37H55NO28/c38-4-2-1-3-5-51-31-19(13(45)21-33(57-21)64-31)56-35-23(15(47)24-37(60-24)66-35)58-34-20(14(46)22-36(59-22)65-34)54-30-16(48)17(53-28-11(43)9(41)8(40)7(6-39)52-28)25(26(62-30)27(49)50)61-29-12(44)10(42)18-32(55-18)63-29/h7-26,28-37,39-48H,1-6,38H2,(H,49,50)/t7?,8-,9?,10?,11?,12?,13?,14?,15?,16?,17?,18+,19?,20?,21+,22+,23?,24+,25+,26?,28-,29+,30-,31+,32?,33?,34+,35+,36+,37?/m0/s1. The highest BCUT2D eigenvalue weighted by molar-refractivity contribution is 5.73. The van der Waals surface area contributed by atoms with Crippen LogP contribution < -0.4 is 5.73 Å². The molecule has 10 saturated heterocycles. The molecular weight excluding hydrogens is 906 g/mol. The van der Waals surface area contributed by atoms with Gasteiger partial charge in [-0.15, -0.1) is 0 Å². The fourth-order valence-electron chi connectivity index (χ4n) is 9.00. The van der Waals surface area contributed by atoms with Crippen LogP contribution in [0.2, 0.25) is 0 Å². The smallest absolute Gasteiger partial charge is 0.335 e. The first-order valence-corrected chi connectivity index (χ1v) is 21.8. The minimum absolute atomic E-state index is 0.209. The molecule has 376 valence electrons. The number of rotatable bonds is 18. The minimum atomic E-state index is -2.24.